The molecular formula is C15H31NNaO4+. The van der Waals surface area contributed by atoms with Crippen molar-refractivity contribution in [2.45, 2.75) is 71.1 Å². The Balaban J connectivity index is -0.000000394. The minimum atomic E-state index is -0.822. The first-order chi connectivity index (χ1) is 9.54. The monoisotopic (exact) mass is 312 g/mol. The second-order valence-corrected chi connectivity index (χ2v) is 4.90. The Labute approximate surface area is 151 Å². The zero-order chi connectivity index (χ0) is 15.6. The summed E-state index contributed by atoms with van der Waals surface area (Å²) < 4.78 is 0. The van der Waals surface area contributed by atoms with Crippen LogP contribution in [-0.2, 0) is 9.59 Å². The van der Waals surface area contributed by atoms with Gasteiger partial charge in [0.25, 0.3) is 0 Å². The summed E-state index contributed by atoms with van der Waals surface area (Å²) in [6.07, 6.45) is 11.5. The van der Waals surface area contributed by atoms with Crippen LogP contribution in [0.3, 0.4) is 0 Å². The van der Waals surface area contributed by atoms with Gasteiger partial charge < -0.3 is 15.5 Å². The first kappa shape index (κ1) is 25.8. The van der Waals surface area contributed by atoms with Crippen LogP contribution in [0.25, 0.3) is 0 Å². The molecule has 0 saturated carbocycles. The SMILES string of the molecule is CCCCCCCCCCCC(=O)O.CNCC(=O)O.[Na+]. The topological polar surface area (TPSA) is 86.6 Å². The third-order valence-electron chi connectivity index (χ3n) is 2.82. The first-order valence-corrected chi connectivity index (χ1v) is 7.62. The number of hydrogen-bond donors (Lipinski definition) is 3. The average Bonchev–Trinajstić information content (AvgIpc) is 2.37. The minimum Gasteiger partial charge on any atom is -0.481 e. The Hall–Kier alpha value is -0.100. The van der Waals surface area contributed by atoms with Crippen LogP contribution in [0.5, 0.6) is 0 Å². The fourth-order valence-corrected chi connectivity index (χ4v) is 1.74. The van der Waals surface area contributed by atoms with E-state index in [2.05, 4.69) is 12.2 Å². The molecular weight excluding hydrogens is 281 g/mol. The summed E-state index contributed by atoms with van der Waals surface area (Å²) >= 11 is 0. The second-order valence-electron chi connectivity index (χ2n) is 4.90. The van der Waals surface area contributed by atoms with E-state index in [-0.39, 0.29) is 36.1 Å². The molecule has 0 heterocycles. The Morgan fingerprint density at radius 1 is 0.810 bits per heavy atom. The van der Waals surface area contributed by atoms with Crippen molar-refractivity contribution in [1.82, 2.24) is 5.32 Å². The second kappa shape index (κ2) is 22.2. The number of hydrogen-bond acceptors (Lipinski definition) is 3. The molecule has 0 aromatic carbocycles. The average molecular weight is 312 g/mol. The van der Waals surface area contributed by atoms with Crippen LogP contribution in [0.2, 0.25) is 0 Å². The molecule has 0 aromatic heterocycles. The van der Waals surface area contributed by atoms with Crippen molar-refractivity contribution in [3.05, 3.63) is 0 Å². The molecule has 0 saturated heterocycles. The molecule has 0 atom stereocenters. The Kier molecular flexibility index (Phi) is 27.3. The molecule has 120 valence electrons. The van der Waals surface area contributed by atoms with Crippen molar-refractivity contribution < 1.29 is 49.4 Å². The number of rotatable bonds is 12. The maximum absolute atomic E-state index is 10.2. The van der Waals surface area contributed by atoms with E-state index in [9.17, 15) is 9.59 Å². The molecule has 0 fully saturated rings. The van der Waals surface area contributed by atoms with Gasteiger partial charge in [-0.15, -0.1) is 0 Å². The van der Waals surface area contributed by atoms with Gasteiger partial charge in [0.1, 0.15) is 0 Å². The number of carboxylic acids is 2. The number of nitrogens with one attached hydrogen (secondary N) is 1. The van der Waals surface area contributed by atoms with E-state index >= 15 is 0 Å². The van der Waals surface area contributed by atoms with Gasteiger partial charge in [-0.1, -0.05) is 58.3 Å². The molecule has 0 radical (unpaired) electrons. The van der Waals surface area contributed by atoms with E-state index in [4.69, 9.17) is 10.2 Å². The summed E-state index contributed by atoms with van der Waals surface area (Å²) in [5.74, 6) is -1.48. The van der Waals surface area contributed by atoms with E-state index in [1.165, 1.54) is 44.9 Å². The predicted molar refractivity (Wildman–Crippen MR) is 81.0 cm³/mol. The fraction of sp³-hybridized carbons (Fsp3) is 0.867. The van der Waals surface area contributed by atoms with Gasteiger partial charge in [-0.3, -0.25) is 9.59 Å². The molecule has 0 aliphatic rings. The summed E-state index contributed by atoms with van der Waals surface area (Å²) in [7, 11) is 1.59. The molecule has 0 unspecified atom stereocenters. The number of likely N-dealkylation sites (N-methyl/N-ethyl adjacent to an activating group) is 1. The quantitative estimate of drug-likeness (QED) is 0.356. The van der Waals surface area contributed by atoms with E-state index < -0.39 is 11.9 Å². The van der Waals surface area contributed by atoms with E-state index in [1.807, 2.05) is 0 Å². The van der Waals surface area contributed by atoms with Gasteiger partial charge in [-0.25, -0.2) is 0 Å². The first-order valence-electron chi connectivity index (χ1n) is 7.62. The molecule has 0 spiro atoms. The number of aliphatic carboxylic acids is 2. The van der Waals surface area contributed by atoms with E-state index in [0.29, 0.717) is 6.42 Å². The van der Waals surface area contributed by atoms with E-state index in [0.717, 1.165) is 12.8 Å². The largest absolute Gasteiger partial charge is 1.00 e. The molecule has 21 heavy (non-hydrogen) atoms. The maximum Gasteiger partial charge on any atom is 1.00 e. The van der Waals surface area contributed by atoms with Gasteiger partial charge in [0, 0.05) is 6.42 Å². The van der Waals surface area contributed by atoms with Crippen LogP contribution < -0.4 is 34.9 Å². The van der Waals surface area contributed by atoms with Crippen LogP contribution in [0.4, 0.5) is 0 Å². The standard InChI is InChI=1S/C12H24O2.C3H7NO2.Na/c1-2-3-4-5-6-7-8-9-10-11-12(13)14;1-4-2-3(5)6;/h2-11H2,1H3,(H,13,14);4H,2H2,1H3,(H,5,6);/q;;+1. The van der Waals surface area contributed by atoms with E-state index in [1.54, 1.807) is 7.05 Å². The molecule has 3 N–H and O–H groups in total. The maximum atomic E-state index is 10.2. The van der Waals surface area contributed by atoms with Crippen LogP contribution in [0, 0.1) is 0 Å². The van der Waals surface area contributed by atoms with Gasteiger partial charge in [0.15, 0.2) is 0 Å². The smallest absolute Gasteiger partial charge is 0.481 e. The van der Waals surface area contributed by atoms with Gasteiger partial charge in [0.2, 0.25) is 0 Å². The third kappa shape index (κ3) is 33.0. The van der Waals surface area contributed by atoms with Crippen molar-refractivity contribution in [1.29, 1.82) is 0 Å². The summed E-state index contributed by atoms with van der Waals surface area (Å²) in [5, 5.41) is 18.7. The molecule has 5 nitrogen and oxygen atoms in total. The zero-order valence-corrected chi connectivity index (χ0v) is 16.0. The molecule has 0 bridgehead atoms. The van der Waals surface area contributed by atoms with Crippen molar-refractivity contribution in [3.63, 3.8) is 0 Å². The normalized spacial score (nSPS) is 9.24. The van der Waals surface area contributed by atoms with Gasteiger partial charge >= 0.3 is 41.5 Å². The molecule has 0 aromatic rings. The van der Waals surface area contributed by atoms with Crippen LogP contribution in [0.1, 0.15) is 71.1 Å². The summed E-state index contributed by atoms with van der Waals surface area (Å²) in [4.78, 5) is 19.7. The van der Waals surface area contributed by atoms with Gasteiger partial charge in [0.05, 0.1) is 6.54 Å². The van der Waals surface area contributed by atoms with Crippen LogP contribution in [0.15, 0.2) is 0 Å². The van der Waals surface area contributed by atoms with Crippen LogP contribution >= 0.6 is 0 Å². The number of unbranched alkanes of at least 4 members (excludes halogenated alkanes) is 8. The molecule has 0 rings (SSSR count). The third-order valence-corrected chi connectivity index (χ3v) is 2.82. The predicted octanol–water partition coefficient (Wildman–Crippen LogP) is 0.286. The Bertz CT molecular complexity index is 238. The minimum absolute atomic E-state index is 0. The fourth-order valence-electron chi connectivity index (χ4n) is 1.74. The van der Waals surface area contributed by atoms with Crippen LogP contribution in [-0.4, -0.2) is 35.7 Å². The summed E-state index contributed by atoms with van der Waals surface area (Å²) in [6.45, 7) is 2.27. The Morgan fingerprint density at radius 3 is 1.52 bits per heavy atom. The number of carboxylic acid groups (broad SMARTS) is 2. The molecule has 0 aliphatic heterocycles. The molecule has 0 amide bonds. The summed E-state index contributed by atoms with van der Waals surface area (Å²) in [6, 6.07) is 0. The Morgan fingerprint density at radius 2 is 1.24 bits per heavy atom. The van der Waals surface area contributed by atoms with Crippen molar-refractivity contribution in [3.8, 4) is 0 Å². The van der Waals surface area contributed by atoms with Gasteiger partial charge in [-0.2, -0.15) is 0 Å². The molecule has 6 heteroatoms. The van der Waals surface area contributed by atoms with Gasteiger partial charge in [-0.05, 0) is 13.5 Å². The molecule has 0 aliphatic carbocycles. The zero-order valence-electron chi connectivity index (χ0n) is 14.0. The van der Waals surface area contributed by atoms with Crippen molar-refractivity contribution in [2.75, 3.05) is 13.6 Å². The van der Waals surface area contributed by atoms with Crippen molar-refractivity contribution in [2.24, 2.45) is 0 Å². The number of carbonyl (C=O) groups is 2. The summed E-state index contributed by atoms with van der Waals surface area (Å²) in [5.41, 5.74) is 0. The van der Waals surface area contributed by atoms with Crippen molar-refractivity contribution >= 4 is 11.9 Å².